The normalized spacial score (nSPS) is 14.1. The van der Waals surface area contributed by atoms with Gasteiger partial charge in [0.15, 0.2) is 5.69 Å². The van der Waals surface area contributed by atoms with Gasteiger partial charge in [-0.3, -0.25) is 14.5 Å². The van der Waals surface area contributed by atoms with E-state index in [4.69, 9.17) is 38.0 Å². The Balaban J connectivity index is 1.31. The van der Waals surface area contributed by atoms with Crippen LogP contribution in [0, 0.1) is 34.6 Å². The van der Waals surface area contributed by atoms with Crippen LogP contribution in [0.1, 0.15) is 85.4 Å². The van der Waals surface area contributed by atoms with Gasteiger partial charge >= 0.3 is 5.97 Å². The van der Waals surface area contributed by atoms with Gasteiger partial charge in [0.2, 0.25) is 0 Å². The lowest BCUT2D eigenvalue weighted by Crippen LogP contribution is -2.43. The highest BCUT2D eigenvalue weighted by Gasteiger charge is 2.40. The van der Waals surface area contributed by atoms with E-state index >= 15 is 4.79 Å². The van der Waals surface area contributed by atoms with Crippen LogP contribution < -0.4 is 9.64 Å². The van der Waals surface area contributed by atoms with Crippen molar-refractivity contribution in [2.45, 2.75) is 67.0 Å². The molecule has 0 saturated heterocycles. The molecule has 0 unspecified atom stereocenters. The van der Waals surface area contributed by atoms with Gasteiger partial charge in [-0.1, -0.05) is 53.5 Å². The Morgan fingerprint density at radius 3 is 2.42 bits per heavy atom. The molecule has 3 aromatic carbocycles. The Morgan fingerprint density at radius 1 is 1.00 bits per heavy atom. The summed E-state index contributed by atoms with van der Waals surface area (Å²) in [5.74, 6) is -0.683. The Labute approximate surface area is 353 Å². The first-order valence-corrected chi connectivity index (χ1v) is 20.5. The number of carboxylic acids is 1. The molecule has 0 aliphatic carbocycles. The second kappa shape index (κ2) is 15.4. The van der Waals surface area contributed by atoms with Crippen molar-refractivity contribution in [3.8, 4) is 16.9 Å². The molecule has 0 spiro atoms. The number of halogens is 2. The fraction of sp³-hybridized carbons (Fsp3) is 0.277. The van der Waals surface area contributed by atoms with E-state index in [1.807, 2.05) is 107 Å². The molecule has 10 nitrogen and oxygen atoms in total. The van der Waals surface area contributed by atoms with E-state index in [-0.39, 0.29) is 30.7 Å². The van der Waals surface area contributed by atoms with E-state index < -0.39 is 5.97 Å². The number of hydrogen-bond donors (Lipinski definition) is 1. The third-order valence-electron chi connectivity index (χ3n) is 11.6. The van der Waals surface area contributed by atoms with Crippen molar-refractivity contribution in [1.29, 1.82) is 0 Å². The van der Waals surface area contributed by atoms with Crippen LogP contribution in [0.25, 0.3) is 39.0 Å². The van der Waals surface area contributed by atoms with Gasteiger partial charge in [0, 0.05) is 52.3 Å². The van der Waals surface area contributed by atoms with Crippen LogP contribution in [-0.2, 0) is 20.0 Å². The first kappa shape index (κ1) is 40.0. The molecular weight excluding hydrogens is 783 g/mol. The van der Waals surface area contributed by atoms with Gasteiger partial charge in [-0.05, 0) is 120 Å². The van der Waals surface area contributed by atoms with Crippen molar-refractivity contribution in [3.05, 3.63) is 134 Å². The second-order valence-corrected chi connectivity index (χ2v) is 16.4. The lowest BCUT2D eigenvalue weighted by molar-refractivity contribution is 0.0687. The number of anilines is 1. The Hall–Kier alpha value is -5.84. The number of aromatic carboxylic acids is 1. The molecule has 1 atom stereocenters. The number of hydrogen-bond acceptors (Lipinski definition) is 5. The zero-order chi connectivity index (χ0) is 42.0. The lowest BCUT2D eigenvalue weighted by Gasteiger charge is -2.34. The monoisotopic (exact) mass is 828 g/mol. The number of ether oxygens (including phenoxy) is 1. The summed E-state index contributed by atoms with van der Waals surface area (Å²) in [6.07, 6.45) is 2.78. The molecule has 1 amide bonds. The first-order valence-electron chi connectivity index (χ1n) is 19.7. The van der Waals surface area contributed by atoms with Crippen LogP contribution in [0.5, 0.6) is 5.75 Å². The van der Waals surface area contributed by atoms with E-state index in [2.05, 4.69) is 18.1 Å². The third kappa shape index (κ3) is 6.78. The number of carboxylic acid groups (broad SMARTS) is 1. The third-order valence-corrected chi connectivity index (χ3v) is 12.5. The van der Waals surface area contributed by atoms with Gasteiger partial charge in [0.1, 0.15) is 11.4 Å². The minimum absolute atomic E-state index is 0.0235. The molecule has 0 fully saturated rings. The van der Waals surface area contributed by atoms with Crippen LogP contribution in [0.3, 0.4) is 0 Å². The van der Waals surface area contributed by atoms with Crippen molar-refractivity contribution >= 4 is 68.6 Å². The van der Waals surface area contributed by atoms with E-state index in [0.29, 0.717) is 58.1 Å². The zero-order valence-corrected chi connectivity index (χ0v) is 35.8. The van der Waals surface area contributed by atoms with Gasteiger partial charge in [-0.25, -0.2) is 4.79 Å². The van der Waals surface area contributed by atoms with Crippen LogP contribution in [0.4, 0.5) is 5.69 Å². The van der Waals surface area contributed by atoms with Crippen LogP contribution in [0.2, 0.25) is 10.0 Å². The number of carbonyl (C=O) groups is 2. The number of aryl methyl sites for hydroxylation is 6. The predicted molar refractivity (Wildman–Crippen MR) is 237 cm³/mol. The van der Waals surface area contributed by atoms with Gasteiger partial charge in [0.05, 0.1) is 52.0 Å². The van der Waals surface area contributed by atoms with Crippen LogP contribution >= 0.6 is 23.2 Å². The summed E-state index contributed by atoms with van der Waals surface area (Å²) in [4.78, 5) is 35.4. The highest BCUT2D eigenvalue weighted by Crippen LogP contribution is 2.46. The van der Waals surface area contributed by atoms with Crippen LogP contribution in [-0.4, -0.2) is 54.0 Å². The summed E-state index contributed by atoms with van der Waals surface area (Å²) in [7, 11) is 1.91. The number of fused-ring (bicyclic) bond motifs is 4. The Kier molecular flexibility index (Phi) is 10.4. The molecule has 8 rings (SSSR count). The first-order chi connectivity index (χ1) is 28.2. The molecule has 4 aromatic heterocycles. The highest BCUT2D eigenvalue weighted by molar-refractivity contribution is 6.35. The average molecular weight is 830 g/mol. The fourth-order valence-corrected chi connectivity index (χ4v) is 9.25. The number of amides is 1. The summed E-state index contributed by atoms with van der Waals surface area (Å²) in [6, 6.07) is 18.9. The van der Waals surface area contributed by atoms with Gasteiger partial charge in [-0.15, -0.1) is 0 Å². The molecule has 1 aliphatic heterocycles. The van der Waals surface area contributed by atoms with E-state index in [9.17, 15) is 9.90 Å². The van der Waals surface area contributed by atoms with Crippen molar-refractivity contribution in [2.75, 3.05) is 18.1 Å². The maximum atomic E-state index is 15.5. The average Bonchev–Trinajstić information content (AvgIpc) is 3.79. The molecular formula is C47H46Cl2N6O4. The molecule has 0 bridgehead atoms. The molecule has 59 heavy (non-hydrogen) atoms. The maximum Gasteiger partial charge on any atom is 0.354 e. The number of nitrogens with zero attached hydrogens (tertiary/aromatic N) is 6. The summed E-state index contributed by atoms with van der Waals surface area (Å²) in [6.45, 7) is 16.6. The molecule has 0 radical (unpaired) electrons. The molecule has 302 valence electrons. The minimum atomic E-state index is -1.14. The van der Waals surface area contributed by atoms with Crippen molar-refractivity contribution in [1.82, 2.24) is 23.9 Å². The van der Waals surface area contributed by atoms with Crippen molar-refractivity contribution < 1.29 is 19.4 Å². The topological polar surface area (TPSA) is 107 Å². The zero-order valence-electron chi connectivity index (χ0n) is 34.3. The minimum Gasteiger partial charge on any atom is -0.494 e. The highest BCUT2D eigenvalue weighted by atomic mass is 35.5. The largest absolute Gasteiger partial charge is 0.494 e. The maximum absolute atomic E-state index is 15.5. The standard InChI is InChI=1S/C47H46Cl2N6O4/c1-9-31-12-10-13-32(50-31)24-53-38-18-15-25(2)20-36(38)43(45(53)47(57)58)54-23-28(5)55-42-35(16-17-37(48)40(42)39-29(6)51-52(8)30(39)7)34(44(55)46(54)56)14-11-19-59-33-21-26(3)41(49)27(4)22-33/h9-10,12-13,15-18,20-22,28H,1,11,14,19,23-24H2,2-8H3,(H,57,58)/t28-/m1/s1. The smallest absolute Gasteiger partial charge is 0.354 e. The quantitative estimate of drug-likeness (QED) is 0.130. The van der Waals surface area contributed by atoms with Gasteiger partial charge in [-0.2, -0.15) is 5.10 Å². The molecule has 7 aromatic rings. The second-order valence-electron chi connectivity index (χ2n) is 15.6. The van der Waals surface area contributed by atoms with Crippen molar-refractivity contribution in [2.24, 2.45) is 7.05 Å². The molecule has 1 N–H and O–H groups in total. The van der Waals surface area contributed by atoms with Crippen molar-refractivity contribution in [3.63, 3.8) is 0 Å². The molecule has 5 heterocycles. The van der Waals surface area contributed by atoms with E-state index in [0.717, 1.165) is 66.4 Å². The predicted octanol–water partition coefficient (Wildman–Crippen LogP) is 10.9. The molecule has 1 aliphatic rings. The Morgan fingerprint density at radius 2 is 1.75 bits per heavy atom. The summed E-state index contributed by atoms with van der Waals surface area (Å²) >= 11 is 13.6. The van der Waals surface area contributed by atoms with Gasteiger partial charge in [0.25, 0.3) is 5.91 Å². The SMILES string of the molecule is C=Cc1cccc(Cn2c(C(=O)O)c(N3C[C@@H](C)n4c(c(CCCOc5cc(C)c(Cl)c(C)c5)c5ccc(Cl)c(-c6c(C)nn(C)c6C)c54)C3=O)c3cc(C)ccc32)n1. The van der Waals surface area contributed by atoms with E-state index in [1.54, 1.807) is 15.5 Å². The number of carbonyl (C=O) groups excluding carboxylic acids is 1. The van der Waals surface area contributed by atoms with Crippen LogP contribution in [0.15, 0.2) is 67.2 Å². The molecule has 12 heteroatoms. The molecule has 0 saturated carbocycles. The number of aromatic nitrogens is 5. The number of rotatable bonds is 11. The Bertz CT molecular complexity index is 2860. The summed E-state index contributed by atoms with van der Waals surface area (Å²) in [5.41, 5.74) is 11.0. The number of pyridine rings is 1. The van der Waals surface area contributed by atoms with Gasteiger partial charge < -0.3 is 23.9 Å². The van der Waals surface area contributed by atoms with E-state index in [1.165, 1.54) is 0 Å². The lowest BCUT2D eigenvalue weighted by atomic mass is 9.98. The summed E-state index contributed by atoms with van der Waals surface area (Å²) in [5, 5.41) is 18.6. The fourth-order valence-electron chi connectivity index (χ4n) is 8.89. The summed E-state index contributed by atoms with van der Waals surface area (Å²) < 4.78 is 12.0. The number of benzene rings is 3.